The number of hydrogen-bond acceptors (Lipinski definition) is 5. The average Bonchev–Trinajstić information content (AvgIpc) is 3.30. The lowest BCUT2D eigenvalue weighted by atomic mass is 9.73. The van der Waals surface area contributed by atoms with Crippen LogP contribution in [0.1, 0.15) is 67.8 Å². The predicted molar refractivity (Wildman–Crippen MR) is 133 cm³/mol. The van der Waals surface area contributed by atoms with Crippen molar-refractivity contribution in [2.75, 3.05) is 40.3 Å². The van der Waals surface area contributed by atoms with Gasteiger partial charge in [0.05, 0.1) is 5.92 Å². The summed E-state index contributed by atoms with van der Waals surface area (Å²) in [5.74, 6) is -0.131. The van der Waals surface area contributed by atoms with Crippen molar-refractivity contribution in [3.63, 3.8) is 0 Å². The molecule has 1 aromatic rings. The van der Waals surface area contributed by atoms with Gasteiger partial charge in [-0.05, 0) is 57.2 Å². The monoisotopic (exact) mass is 482 g/mol. The molecular weight excluding hydrogens is 444 g/mol. The first-order valence-electron chi connectivity index (χ1n) is 12.8. The molecule has 0 saturated carbocycles. The lowest BCUT2D eigenvalue weighted by molar-refractivity contribution is -0.137. The van der Waals surface area contributed by atoms with Crippen molar-refractivity contribution in [3.8, 4) is 0 Å². The molecule has 35 heavy (non-hydrogen) atoms. The maximum absolute atomic E-state index is 13.7. The third-order valence-corrected chi connectivity index (χ3v) is 7.92. The Balaban J connectivity index is 1.47. The first-order chi connectivity index (χ1) is 16.6. The van der Waals surface area contributed by atoms with E-state index in [1.54, 1.807) is 6.07 Å². The molecule has 3 aliphatic rings. The van der Waals surface area contributed by atoms with Gasteiger partial charge in [0.25, 0.3) is 5.91 Å². The Kier molecular flexibility index (Phi) is 7.31. The van der Waals surface area contributed by atoms with E-state index in [1.165, 1.54) is 4.90 Å². The molecule has 190 valence electrons. The second-order valence-electron chi connectivity index (χ2n) is 11.0. The van der Waals surface area contributed by atoms with Gasteiger partial charge in [0, 0.05) is 38.2 Å². The molecule has 0 aromatic heterocycles. The van der Waals surface area contributed by atoms with Gasteiger partial charge < -0.3 is 15.1 Å². The molecule has 2 saturated heterocycles. The van der Waals surface area contributed by atoms with Crippen LogP contribution in [0.4, 0.5) is 4.79 Å². The number of carbonyl (C=O) groups is 4. The van der Waals surface area contributed by atoms with Gasteiger partial charge in [-0.1, -0.05) is 38.1 Å². The summed E-state index contributed by atoms with van der Waals surface area (Å²) in [5.41, 5.74) is 0.580. The molecule has 0 bridgehead atoms. The molecule has 0 unspecified atom stereocenters. The summed E-state index contributed by atoms with van der Waals surface area (Å²) >= 11 is 0. The Hall–Kier alpha value is -2.74. The minimum Gasteiger partial charge on any atom is -0.342 e. The summed E-state index contributed by atoms with van der Waals surface area (Å²) in [6.07, 6.45) is 2.98. The van der Waals surface area contributed by atoms with Crippen LogP contribution in [-0.4, -0.2) is 84.1 Å². The van der Waals surface area contributed by atoms with Gasteiger partial charge in [-0.15, -0.1) is 0 Å². The van der Waals surface area contributed by atoms with Crippen LogP contribution in [0, 0.1) is 11.8 Å². The van der Waals surface area contributed by atoms with Crippen LogP contribution in [0.5, 0.6) is 0 Å². The Bertz CT molecular complexity index is 999. The van der Waals surface area contributed by atoms with Gasteiger partial charge in [0.1, 0.15) is 5.54 Å². The number of piperidine rings is 1. The zero-order chi connectivity index (χ0) is 25.3. The van der Waals surface area contributed by atoms with Gasteiger partial charge >= 0.3 is 6.03 Å². The number of likely N-dealkylation sites (tertiary alicyclic amines) is 1. The zero-order valence-electron chi connectivity index (χ0n) is 21.4. The molecule has 0 spiro atoms. The number of fused-ring (bicyclic) bond motifs is 1. The number of rotatable bonds is 8. The Morgan fingerprint density at radius 3 is 2.49 bits per heavy atom. The quantitative estimate of drug-likeness (QED) is 0.576. The van der Waals surface area contributed by atoms with Crippen LogP contribution in [0.3, 0.4) is 0 Å². The van der Waals surface area contributed by atoms with Crippen molar-refractivity contribution in [3.05, 3.63) is 35.4 Å². The van der Waals surface area contributed by atoms with Crippen molar-refractivity contribution < 1.29 is 19.2 Å². The minimum atomic E-state index is -0.904. The third kappa shape index (κ3) is 4.85. The van der Waals surface area contributed by atoms with Crippen LogP contribution < -0.4 is 5.32 Å². The van der Waals surface area contributed by atoms with E-state index in [9.17, 15) is 19.2 Å². The van der Waals surface area contributed by atoms with Gasteiger partial charge in [0.2, 0.25) is 5.91 Å². The molecule has 1 N–H and O–H groups in total. The fourth-order valence-corrected chi connectivity index (χ4v) is 5.81. The SMILES string of the molecule is CC(C)CC[C@]1(C2CCN(C(=O)[C@@H]3CC(=O)c4ccccc43)CC2)NC(=O)N(CCN(C)C)C1=O. The van der Waals surface area contributed by atoms with Crippen LogP contribution in [-0.2, 0) is 9.59 Å². The Morgan fingerprint density at radius 2 is 1.83 bits per heavy atom. The number of amides is 4. The molecule has 2 heterocycles. The molecular formula is C27H38N4O4. The molecule has 1 aromatic carbocycles. The highest BCUT2D eigenvalue weighted by Crippen LogP contribution is 2.40. The predicted octanol–water partition coefficient (Wildman–Crippen LogP) is 2.88. The van der Waals surface area contributed by atoms with Crippen LogP contribution >= 0.6 is 0 Å². The van der Waals surface area contributed by atoms with E-state index in [4.69, 9.17) is 0 Å². The second kappa shape index (κ2) is 10.1. The lowest BCUT2D eigenvalue weighted by Crippen LogP contribution is -2.57. The van der Waals surface area contributed by atoms with Gasteiger partial charge in [-0.2, -0.15) is 0 Å². The van der Waals surface area contributed by atoms with Crippen LogP contribution in [0.2, 0.25) is 0 Å². The molecule has 4 amide bonds. The number of benzene rings is 1. The summed E-state index contributed by atoms with van der Waals surface area (Å²) in [4.78, 5) is 57.5. The number of nitrogens with zero attached hydrogens (tertiary/aromatic N) is 3. The van der Waals surface area contributed by atoms with Crippen LogP contribution in [0.15, 0.2) is 24.3 Å². The van der Waals surface area contributed by atoms with E-state index in [0.717, 1.165) is 12.0 Å². The molecule has 1 aliphatic carbocycles. The van der Waals surface area contributed by atoms with Gasteiger partial charge in [-0.25, -0.2) is 4.79 Å². The molecule has 4 rings (SSSR count). The molecule has 2 aliphatic heterocycles. The van der Waals surface area contributed by atoms with E-state index in [2.05, 4.69) is 19.2 Å². The summed E-state index contributed by atoms with van der Waals surface area (Å²) in [6.45, 7) is 6.30. The van der Waals surface area contributed by atoms with Crippen molar-refractivity contribution in [2.24, 2.45) is 11.8 Å². The summed E-state index contributed by atoms with van der Waals surface area (Å²) in [5, 5.41) is 3.10. The first kappa shape index (κ1) is 25.4. The smallest absolute Gasteiger partial charge is 0.325 e. The summed E-state index contributed by atoms with van der Waals surface area (Å²) < 4.78 is 0. The van der Waals surface area contributed by atoms with Crippen molar-refractivity contribution in [2.45, 2.75) is 57.4 Å². The van der Waals surface area contributed by atoms with Gasteiger partial charge in [0.15, 0.2) is 5.78 Å². The number of hydrogen-bond donors (Lipinski definition) is 1. The van der Waals surface area contributed by atoms with Crippen molar-refractivity contribution >= 4 is 23.6 Å². The largest absolute Gasteiger partial charge is 0.342 e. The highest BCUT2D eigenvalue weighted by molar-refractivity contribution is 6.08. The zero-order valence-corrected chi connectivity index (χ0v) is 21.4. The van der Waals surface area contributed by atoms with Gasteiger partial charge in [-0.3, -0.25) is 19.3 Å². The van der Waals surface area contributed by atoms with E-state index < -0.39 is 11.5 Å². The standard InChI is InChI=1S/C27H38N4O4/c1-18(2)9-12-27(25(34)31(26(35)28-27)16-15-29(3)4)19-10-13-30(14-11-19)24(33)22-17-23(32)21-8-6-5-7-20(21)22/h5-8,18-19,22H,9-17H2,1-4H3,(H,28,35)/t22-,27-/m1/s1. The average molecular weight is 483 g/mol. The van der Waals surface area contributed by atoms with E-state index in [1.807, 2.05) is 42.1 Å². The van der Waals surface area contributed by atoms with E-state index in [0.29, 0.717) is 56.9 Å². The third-order valence-electron chi connectivity index (χ3n) is 7.92. The number of imide groups is 1. The van der Waals surface area contributed by atoms with Crippen molar-refractivity contribution in [1.82, 2.24) is 20.0 Å². The minimum absolute atomic E-state index is 0.00706. The number of ketones is 1. The fraction of sp³-hybridized carbons (Fsp3) is 0.630. The molecule has 2 fully saturated rings. The highest BCUT2D eigenvalue weighted by Gasteiger charge is 2.55. The van der Waals surface area contributed by atoms with Crippen LogP contribution in [0.25, 0.3) is 0 Å². The number of Topliss-reactive ketones (excluding diaryl/α,β-unsaturated/α-hetero) is 1. The van der Waals surface area contributed by atoms with Crippen molar-refractivity contribution in [1.29, 1.82) is 0 Å². The summed E-state index contributed by atoms with van der Waals surface area (Å²) in [6, 6.07) is 7.08. The van der Waals surface area contributed by atoms with E-state index in [-0.39, 0.29) is 36.0 Å². The first-order valence-corrected chi connectivity index (χ1v) is 12.8. The van der Waals surface area contributed by atoms with E-state index >= 15 is 0 Å². The summed E-state index contributed by atoms with van der Waals surface area (Å²) in [7, 11) is 3.85. The molecule has 0 radical (unpaired) electrons. The highest BCUT2D eigenvalue weighted by atomic mass is 16.2. The lowest BCUT2D eigenvalue weighted by Gasteiger charge is -2.41. The topological polar surface area (TPSA) is 90.0 Å². The molecule has 8 nitrogen and oxygen atoms in total. The maximum atomic E-state index is 13.7. The Labute approximate surface area is 208 Å². The number of likely N-dealkylation sites (N-methyl/N-ethyl adjacent to an activating group) is 1. The second-order valence-corrected chi connectivity index (χ2v) is 11.0. The normalized spacial score (nSPS) is 25.1. The number of nitrogens with one attached hydrogen (secondary N) is 1. The molecule has 2 atom stereocenters. The maximum Gasteiger partial charge on any atom is 0.325 e. The fourth-order valence-electron chi connectivity index (χ4n) is 5.81. The molecule has 8 heteroatoms. The number of carbonyl (C=O) groups excluding carboxylic acids is 4. The number of urea groups is 1. The Morgan fingerprint density at radius 1 is 1.14 bits per heavy atom.